The first-order valence-electron chi connectivity index (χ1n) is 10.1. The van der Waals surface area contributed by atoms with Gasteiger partial charge in [-0.1, -0.05) is 24.3 Å². The van der Waals surface area contributed by atoms with Crippen molar-refractivity contribution in [1.82, 2.24) is 4.90 Å². The fourth-order valence-electron chi connectivity index (χ4n) is 3.41. The van der Waals surface area contributed by atoms with Gasteiger partial charge in [0.05, 0.1) is 24.6 Å². The Morgan fingerprint density at radius 2 is 1.76 bits per heavy atom. The van der Waals surface area contributed by atoms with Gasteiger partial charge in [-0.3, -0.25) is 14.5 Å². The van der Waals surface area contributed by atoms with E-state index in [4.69, 9.17) is 4.74 Å². The number of morpholine rings is 1. The molecule has 6 heteroatoms. The lowest BCUT2D eigenvalue weighted by Gasteiger charge is -2.32. The maximum Gasteiger partial charge on any atom is 0.255 e. The topological polar surface area (TPSA) is 70.7 Å². The number of carbonyl (C=O) groups excluding carboxylic acids is 2. The first-order chi connectivity index (χ1) is 14.0. The standard InChI is InChI=1S/C23H29N3O3/c1-17-8-10-20(25-23(28)19-6-4-3-5-7-19)21(16-17)24-22(27)11-9-18(2)26-12-14-29-15-13-26/h3-8,10,16,18H,9,11-15H2,1-2H3,(H,24,27)(H,25,28). The number of hydrogen-bond acceptors (Lipinski definition) is 4. The monoisotopic (exact) mass is 395 g/mol. The molecule has 1 saturated heterocycles. The number of carbonyl (C=O) groups is 2. The van der Waals surface area contributed by atoms with Crippen LogP contribution in [0.2, 0.25) is 0 Å². The summed E-state index contributed by atoms with van der Waals surface area (Å²) in [5.41, 5.74) is 2.81. The van der Waals surface area contributed by atoms with Crippen molar-refractivity contribution in [2.45, 2.75) is 32.7 Å². The second-order valence-electron chi connectivity index (χ2n) is 7.45. The lowest BCUT2D eigenvalue weighted by Crippen LogP contribution is -2.42. The molecule has 1 atom stereocenters. The molecule has 0 aromatic heterocycles. The van der Waals surface area contributed by atoms with E-state index in [2.05, 4.69) is 22.5 Å². The molecule has 2 amide bonds. The van der Waals surface area contributed by atoms with Crippen LogP contribution < -0.4 is 10.6 Å². The van der Waals surface area contributed by atoms with E-state index in [1.165, 1.54) is 0 Å². The zero-order valence-electron chi connectivity index (χ0n) is 17.1. The average molecular weight is 396 g/mol. The molecule has 1 aliphatic rings. The summed E-state index contributed by atoms with van der Waals surface area (Å²) in [5.74, 6) is -0.253. The highest BCUT2D eigenvalue weighted by Crippen LogP contribution is 2.24. The van der Waals surface area contributed by atoms with Crippen LogP contribution in [0.4, 0.5) is 11.4 Å². The first kappa shape index (κ1) is 21.0. The number of aryl methyl sites for hydroxylation is 1. The maximum atomic E-state index is 12.6. The van der Waals surface area contributed by atoms with E-state index in [1.807, 2.05) is 43.3 Å². The third-order valence-corrected chi connectivity index (χ3v) is 5.19. The van der Waals surface area contributed by atoms with Crippen molar-refractivity contribution >= 4 is 23.2 Å². The molecule has 1 fully saturated rings. The fourth-order valence-corrected chi connectivity index (χ4v) is 3.41. The SMILES string of the molecule is Cc1ccc(NC(=O)c2ccccc2)c(NC(=O)CCC(C)N2CCOCC2)c1. The maximum absolute atomic E-state index is 12.6. The van der Waals surface area contributed by atoms with Crippen molar-refractivity contribution in [2.24, 2.45) is 0 Å². The normalized spacial score (nSPS) is 15.5. The molecule has 1 aliphatic heterocycles. The third-order valence-electron chi connectivity index (χ3n) is 5.19. The van der Waals surface area contributed by atoms with E-state index in [0.29, 0.717) is 29.4 Å². The van der Waals surface area contributed by atoms with Crippen LogP contribution in [0.25, 0.3) is 0 Å². The van der Waals surface area contributed by atoms with Gasteiger partial charge in [-0.05, 0) is 50.1 Å². The van der Waals surface area contributed by atoms with Crippen molar-refractivity contribution in [3.05, 3.63) is 59.7 Å². The average Bonchev–Trinajstić information content (AvgIpc) is 2.75. The summed E-state index contributed by atoms with van der Waals surface area (Å²) in [4.78, 5) is 27.4. The third kappa shape index (κ3) is 6.14. The Bertz CT molecular complexity index is 833. The lowest BCUT2D eigenvalue weighted by atomic mass is 10.1. The molecule has 3 rings (SSSR count). The van der Waals surface area contributed by atoms with E-state index in [9.17, 15) is 9.59 Å². The minimum Gasteiger partial charge on any atom is -0.379 e. The van der Waals surface area contributed by atoms with Gasteiger partial charge in [0.2, 0.25) is 5.91 Å². The number of anilines is 2. The van der Waals surface area contributed by atoms with Gasteiger partial charge >= 0.3 is 0 Å². The van der Waals surface area contributed by atoms with Gasteiger partial charge in [0.15, 0.2) is 0 Å². The Morgan fingerprint density at radius 1 is 1.03 bits per heavy atom. The second kappa shape index (κ2) is 10.2. The van der Waals surface area contributed by atoms with Crippen LogP contribution in [-0.2, 0) is 9.53 Å². The Hall–Kier alpha value is -2.70. The predicted octanol–water partition coefficient (Wildman–Crippen LogP) is 3.69. The molecule has 154 valence electrons. The summed E-state index contributed by atoms with van der Waals surface area (Å²) in [6.45, 7) is 7.44. The molecule has 0 radical (unpaired) electrons. The quantitative estimate of drug-likeness (QED) is 0.750. The zero-order valence-corrected chi connectivity index (χ0v) is 17.1. The number of benzene rings is 2. The van der Waals surface area contributed by atoms with Gasteiger partial charge in [0.25, 0.3) is 5.91 Å². The lowest BCUT2D eigenvalue weighted by molar-refractivity contribution is -0.116. The van der Waals surface area contributed by atoms with E-state index in [0.717, 1.165) is 38.3 Å². The summed E-state index contributed by atoms with van der Waals surface area (Å²) in [6, 6.07) is 15.0. The van der Waals surface area contributed by atoms with Crippen LogP contribution in [0.1, 0.15) is 35.7 Å². The number of nitrogens with one attached hydrogen (secondary N) is 2. The number of nitrogens with zero attached hydrogens (tertiary/aromatic N) is 1. The Kier molecular flexibility index (Phi) is 7.38. The van der Waals surface area contributed by atoms with Crippen LogP contribution in [0.5, 0.6) is 0 Å². The molecule has 1 heterocycles. The van der Waals surface area contributed by atoms with Crippen LogP contribution in [0.15, 0.2) is 48.5 Å². The summed E-state index contributed by atoms with van der Waals surface area (Å²) >= 11 is 0. The molecular formula is C23H29N3O3. The van der Waals surface area contributed by atoms with Crippen molar-refractivity contribution in [3.63, 3.8) is 0 Å². The Morgan fingerprint density at radius 3 is 2.48 bits per heavy atom. The van der Waals surface area contributed by atoms with E-state index in [-0.39, 0.29) is 11.8 Å². The molecule has 6 nitrogen and oxygen atoms in total. The van der Waals surface area contributed by atoms with Gasteiger partial charge < -0.3 is 15.4 Å². The molecule has 29 heavy (non-hydrogen) atoms. The molecule has 0 spiro atoms. The van der Waals surface area contributed by atoms with Crippen molar-refractivity contribution < 1.29 is 14.3 Å². The van der Waals surface area contributed by atoms with Crippen molar-refractivity contribution in [1.29, 1.82) is 0 Å². The minimum absolute atomic E-state index is 0.0501. The molecule has 1 unspecified atom stereocenters. The number of ether oxygens (including phenoxy) is 1. The molecule has 2 aromatic carbocycles. The Balaban J connectivity index is 1.60. The number of rotatable bonds is 7. The summed E-state index contributed by atoms with van der Waals surface area (Å²) in [7, 11) is 0. The highest BCUT2D eigenvalue weighted by Gasteiger charge is 2.18. The highest BCUT2D eigenvalue weighted by atomic mass is 16.5. The number of amides is 2. The summed E-state index contributed by atoms with van der Waals surface area (Å²) < 4.78 is 5.39. The predicted molar refractivity (Wildman–Crippen MR) is 115 cm³/mol. The van der Waals surface area contributed by atoms with E-state index < -0.39 is 0 Å². The second-order valence-corrected chi connectivity index (χ2v) is 7.45. The van der Waals surface area contributed by atoms with E-state index in [1.54, 1.807) is 12.1 Å². The molecule has 2 aromatic rings. The van der Waals surface area contributed by atoms with Crippen LogP contribution in [0, 0.1) is 6.92 Å². The zero-order chi connectivity index (χ0) is 20.6. The van der Waals surface area contributed by atoms with E-state index >= 15 is 0 Å². The summed E-state index contributed by atoms with van der Waals surface area (Å²) in [6.07, 6.45) is 1.21. The Labute approximate surface area is 172 Å². The highest BCUT2D eigenvalue weighted by molar-refractivity contribution is 6.07. The fraction of sp³-hybridized carbons (Fsp3) is 0.391. The summed E-state index contributed by atoms with van der Waals surface area (Å²) in [5, 5.41) is 5.87. The molecule has 0 bridgehead atoms. The molecular weight excluding hydrogens is 366 g/mol. The molecule has 2 N–H and O–H groups in total. The first-order valence-corrected chi connectivity index (χ1v) is 10.1. The smallest absolute Gasteiger partial charge is 0.255 e. The van der Waals surface area contributed by atoms with Crippen molar-refractivity contribution in [2.75, 3.05) is 36.9 Å². The molecule has 0 saturated carbocycles. The van der Waals surface area contributed by atoms with Crippen LogP contribution in [0.3, 0.4) is 0 Å². The van der Waals surface area contributed by atoms with Crippen molar-refractivity contribution in [3.8, 4) is 0 Å². The van der Waals surface area contributed by atoms with Gasteiger partial charge in [-0.25, -0.2) is 0 Å². The minimum atomic E-state index is -0.203. The van der Waals surface area contributed by atoms with Gasteiger partial charge in [0, 0.05) is 31.1 Å². The van der Waals surface area contributed by atoms with Crippen LogP contribution in [-0.4, -0.2) is 49.1 Å². The van der Waals surface area contributed by atoms with Gasteiger partial charge in [0.1, 0.15) is 0 Å². The van der Waals surface area contributed by atoms with Gasteiger partial charge in [-0.15, -0.1) is 0 Å². The largest absolute Gasteiger partial charge is 0.379 e. The molecule has 0 aliphatic carbocycles. The van der Waals surface area contributed by atoms with Crippen LogP contribution >= 0.6 is 0 Å². The van der Waals surface area contributed by atoms with Gasteiger partial charge in [-0.2, -0.15) is 0 Å². The number of hydrogen-bond donors (Lipinski definition) is 2.